The monoisotopic (exact) mass is 444 g/mol. The number of anilines is 2. The van der Waals surface area contributed by atoms with E-state index in [9.17, 15) is 9.18 Å². The molecule has 0 aliphatic carbocycles. The standard InChI is InChI=1S/C25H25FN6O/c1-32-24(33)21(17-9-11-18(26)12-10-17)23(22-20(28)8-5-14-29-22)31-25(32)30-15-13-19(27)16-6-3-2-4-7-16/h2-12,14,19H,13,15,27-28H2,1H3,(H,30,31). The molecule has 1 atom stereocenters. The number of nitrogens with zero attached hydrogens (tertiary/aromatic N) is 3. The van der Waals surface area contributed by atoms with Crippen molar-refractivity contribution >= 4 is 11.6 Å². The van der Waals surface area contributed by atoms with Gasteiger partial charge in [0.15, 0.2) is 0 Å². The van der Waals surface area contributed by atoms with Gasteiger partial charge in [0.25, 0.3) is 5.56 Å². The summed E-state index contributed by atoms with van der Waals surface area (Å²) in [5.41, 5.74) is 15.1. The minimum Gasteiger partial charge on any atom is -0.397 e. The maximum atomic E-state index is 13.5. The lowest BCUT2D eigenvalue weighted by Crippen LogP contribution is -2.26. The molecular weight excluding hydrogens is 419 g/mol. The summed E-state index contributed by atoms with van der Waals surface area (Å²) in [6.45, 7) is 0.503. The minimum atomic E-state index is -0.393. The second kappa shape index (κ2) is 9.62. The van der Waals surface area contributed by atoms with E-state index in [2.05, 4.69) is 10.3 Å². The Balaban J connectivity index is 1.71. The van der Waals surface area contributed by atoms with Crippen LogP contribution in [-0.4, -0.2) is 21.1 Å². The lowest BCUT2D eigenvalue weighted by Gasteiger charge is -2.17. The number of rotatable bonds is 7. The van der Waals surface area contributed by atoms with E-state index in [4.69, 9.17) is 16.5 Å². The average molecular weight is 445 g/mol. The lowest BCUT2D eigenvalue weighted by atomic mass is 10.0. The van der Waals surface area contributed by atoms with Crippen molar-refractivity contribution in [2.45, 2.75) is 12.5 Å². The molecule has 7 nitrogen and oxygen atoms in total. The maximum Gasteiger partial charge on any atom is 0.263 e. The molecule has 4 rings (SSSR count). The highest BCUT2D eigenvalue weighted by Crippen LogP contribution is 2.31. The van der Waals surface area contributed by atoms with Crippen LogP contribution < -0.4 is 22.3 Å². The fraction of sp³-hybridized carbons (Fsp3) is 0.160. The zero-order valence-electron chi connectivity index (χ0n) is 18.2. The number of nitrogens with one attached hydrogen (secondary N) is 1. The molecule has 0 fully saturated rings. The number of nitrogens with two attached hydrogens (primary N) is 2. The van der Waals surface area contributed by atoms with Crippen molar-refractivity contribution in [3.8, 4) is 22.5 Å². The van der Waals surface area contributed by atoms with Gasteiger partial charge in [-0.25, -0.2) is 9.37 Å². The van der Waals surface area contributed by atoms with Crippen molar-refractivity contribution in [3.63, 3.8) is 0 Å². The van der Waals surface area contributed by atoms with Gasteiger partial charge in [0, 0.05) is 25.8 Å². The third-order valence-corrected chi connectivity index (χ3v) is 5.45. The minimum absolute atomic E-state index is 0.153. The summed E-state index contributed by atoms with van der Waals surface area (Å²) in [6, 6.07) is 18.8. The highest BCUT2D eigenvalue weighted by atomic mass is 19.1. The highest BCUT2D eigenvalue weighted by molar-refractivity contribution is 5.84. The van der Waals surface area contributed by atoms with Crippen molar-refractivity contribution in [2.24, 2.45) is 12.8 Å². The van der Waals surface area contributed by atoms with Crippen molar-refractivity contribution in [1.82, 2.24) is 14.5 Å². The van der Waals surface area contributed by atoms with E-state index >= 15 is 0 Å². The SMILES string of the molecule is Cn1c(NCCC(N)c2ccccc2)nc(-c2ncccc2N)c(-c2ccc(F)cc2)c1=O. The third-order valence-electron chi connectivity index (χ3n) is 5.45. The van der Waals surface area contributed by atoms with E-state index in [-0.39, 0.29) is 11.6 Å². The Kier molecular flexibility index (Phi) is 6.46. The Morgan fingerprint density at radius 2 is 1.76 bits per heavy atom. The summed E-state index contributed by atoms with van der Waals surface area (Å²) < 4.78 is 14.9. The van der Waals surface area contributed by atoms with E-state index < -0.39 is 5.82 Å². The Bertz CT molecular complexity index is 1310. The normalized spacial score (nSPS) is 11.8. The molecule has 2 aromatic heterocycles. The van der Waals surface area contributed by atoms with Gasteiger partial charge in [-0.05, 0) is 41.8 Å². The van der Waals surface area contributed by atoms with Crippen LogP contribution in [0.25, 0.3) is 22.5 Å². The predicted octanol–water partition coefficient (Wildman–Crippen LogP) is 3.73. The molecule has 0 bridgehead atoms. The number of nitrogen functional groups attached to an aromatic ring is 1. The van der Waals surface area contributed by atoms with Gasteiger partial charge in [0.1, 0.15) is 17.2 Å². The van der Waals surface area contributed by atoms with Crippen LogP contribution in [0.5, 0.6) is 0 Å². The average Bonchev–Trinajstić information content (AvgIpc) is 2.83. The fourth-order valence-electron chi connectivity index (χ4n) is 3.63. The fourth-order valence-corrected chi connectivity index (χ4v) is 3.63. The van der Waals surface area contributed by atoms with Crippen molar-refractivity contribution in [2.75, 3.05) is 17.6 Å². The van der Waals surface area contributed by atoms with Crippen LogP contribution in [0.1, 0.15) is 18.0 Å². The largest absolute Gasteiger partial charge is 0.397 e. The van der Waals surface area contributed by atoms with Crippen LogP contribution in [0.4, 0.5) is 16.0 Å². The van der Waals surface area contributed by atoms with Gasteiger partial charge in [-0.15, -0.1) is 0 Å². The maximum absolute atomic E-state index is 13.5. The molecule has 1 unspecified atom stereocenters. The Morgan fingerprint density at radius 3 is 2.45 bits per heavy atom. The van der Waals surface area contributed by atoms with Gasteiger partial charge in [-0.2, -0.15) is 0 Å². The summed E-state index contributed by atoms with van der Waals surface area (Å²) >= 11 is 0. The van der Waals surface area contributed by atoms with Crippen molar-refractivity contribution in [1.29, 1.82) is 0 Å². The summed E-state index contributed by atoms with van der Waals surface area (Å²) in [5.74, 6) is -0.0262. The molecule has 0 saturated carbocycles. The number of hydrogen-bond acceptors (Lipinski definition) is 6. The molecule has 2 aromatic carbocycles. The molecule has 0 amide bonds. The Labute approximate surface area is 190 Å². The number of aromatic nitrogens is 3. The summed E-state index contributed by atoms with van der Waals surface area (Å²) in [6.07, 6.45) is 2.23. The molecule has 0 spiro atoms. The molecule has 4 aromatic rings. The van der Waals surface area contributed by atoms with E-state index in [1.165, 1.54) is 16.7 Å². The third kappa shape index (κ3) is 4.75. The first-order chi connectivity index (χ1) is 16.0. The van der Waals surface area contributed by atoms with E-state index in [0.29, 0.717) is 47.1 Å². The van der Waals surface area contributed by atoms with Gasteiger partial charge >= 0.3 is 0 Å². The van der Waals surface area contributed by atoms with Crippen LogP contribution >= 0.6 is 0 Å². The quantitative estimate of drug-likeness (QED) is 0.400. The zero-order valence-corrected chi connectivity index (χ0v) is 18.2. The molecule has 8 heteroatoms. The first-order valence-electron chi connectivity index (χ1n) is 10.6. The molecule has 5 N–H and O–H groups in total. The first kappa shape index (κ1) is 22.2. The van der Waals surface area contributed by atoms with Crippen molar-refractivity contribution < 1.29 is 4.39 Å². The number of benzene rings is 2. The second-order valence-corrected chi connectivity index (χ2v) is 7.70. The smallest absolute Gasteiger partial charge is 0.263 e. The summed E-state index contributed by atoms with van der Waals surface area (Å²) in [7, 11) is 1.63. The van der Waals surface area contributed by atoms with Crippen molar-refractivity contribution in [3.05, 3.63) is 94.7 Å². The number of hydrogen-bond donors (Lipinski definition) is 3. The number of pyridine rings is 1. The van der Waals surface area contributed by atoms with Crippen LogP contribution in [0.15, 0.2) is 77.7 Å². The summed E-state index contributed by atoms with van der Waals surface area (Å²) in [4.78, 5) is 22.5. The number of halogens is 1. The Morgan fingerprint density at radius 1 is 1.03 bits per heavy atom. The van der Waals surface area contributed by atoms with Gasteiger partial charge in [0.05, 0.1) is 11.3 Å². The van der Waals surface area contributed by atoms with Crippen LogP contribution in [0.3, 0.4) is 0 Å². The van der Waals surface area contributed by atoms with E-state index in [0.717, 1.165) is 5.56 Å². The first-order valence-corrected chi connectivity index (χ1v) is 10.6. The molecule has 0 aliphatic heterocycles. The lowest BCUT2D eigenvalue weighted by molar-refractivity contribution is 0.628. The van der Waals surface area contributed by atoms with Gasteiger partial charge in [-0.1, -0.05) is 42.5 Å². The van der Waals surface area contributed by atoms with E-state index in [1.54, 1.807) is 37.5 Å². The predicted molar refractivity (Wildman–Crippen MR) is 129 cm³/mol. The van der Waals surface area contributed by atoms with Gasteiger partial charge in [-0.3, -0.25) is 14.3 Å². The van der Waals surface area contributed by atoms with Crippen LogP contribution in [-0.2, 0) is 7.05 Å². The molecule has 168 valence electrons. The zero-order chi connectivity index (χ0) is 23.4. The Hall–Kier alpha value is -4.04. The molecule has 2 heterocycles. The van der Waals surface area contributed by atoms with Crippen LogP contribution in [0, 0.1) is 5.82 Å². The van der Waals surface area contributed by atoms with E-state index in [1.807, 2.05) is 30.3 Å². The molecular formula is C25H25FN6O. The molecule has 33 heavy (non-hydrogen) atoms. The molecule has 0 saturated heterocycles. The van der Waals surface area contributed by atoms with Gasteiger partial charge < -0.3 is 16.8 Å². The topological polar surface area (TPSA) is 112 Å². The molecule has 0 aliphatic rings. The highest BCUT2D eigenvalue weighted by Gasteiger charge is 2.20. The molecule has 0 radical (unpaired) electrons. The second-order valence-electron chi connectivity index (χ2n) is 7.70. The van der Waals surface area contributed by atoms with Gasteiger partial charge in [0.2, 0.25) is 5.95 Å². The summed E-state index contributed by atoms with van der Waals surface area (Å²) in [5, 5.41) is 3.22. The van der Waals surface area contributed by atoms with Crippen LogP contribution in [0.2, 0.25) is 0 Å².